The third kappa shape index (κ3) is 2.89. The molecule has 148 valence electrons. The molecule has 0 unspecified atom stereocenters. The molecule has 0 aliphatic carbocycles. The van der Waals surface area contributed by atoms with Crippen molar-refractivity contribution in [2.45, 2.75) is 6.92 Å². The van der Waals surface area contributed by atoms with Gasteiger partial charge in [-0.15, -0.1) is 0 Å². The summed E-state index contributed by atoms with van der Waals surface area (Å²) >= 11 is 0. The zero-order valence-electron chi connectivity index (χ0n) is 16.0. The van der Waals surface area contributed by atoms with Crippen molar-refractivity contribution in [3.63, 3.8) is 0 Å². The number of carbonyl (C=O) groups excluding carboxylic acids is 1. The van der Waals surface area contributed by atoms with Crippen LogP contribution in [-0.2, 0) is 7.05 Å². The Morgan fingerprint density at radius 3 is 2.77 bits per heavy atom. The average molecular weight is 401 g/mol. The number of para-hydroxylation sites is 2. The summed E-state index contributed by atoms with van der Waals surface area (Å²) in [5.41, 5.74) is 2.14. The minimum atomic E-state index is -0.460. The number of aromatic amines is 1. The molecular weight excluding hydrogens is 386 g/mol. The maximum Gasteiger partial charge on any atom is 0.277 e. The van der Waals surface area contributed by atoms with Crippen molar-refractivity contribution >= 4 is 33.8 Å². The van der Waals surface area contributed by atoms with Gasteiger partial charge in [0, 0.05) is 13.1 Å². The molecule has 0 aliphatic heterocycles. The van der Waals surface area contributed by atoms with Gasteiger partial charge >= 0.3 is 0 Å². The van der Waals surface area contributed by atoms with Gasteiger partial charge in [-0.2, -0.15) is 19.9 Å². The van der Waals surface area contributed by atoms with E-state index in [1.807, 2.05) is 18.2 Å². The molecule has 0 radical (unpaired) electrons. The van der Waals surface area contributed by atoms with Crippen LogP contribution in [0.5, 0.6) is 0 Å². The van der Waals surface area contributed by atoms with Gasteiger partial charge in [0.25, 0.3) is 11.5 Å². The van der Waals surface area contributed by atoms with E-state index in [1.165, 1.54) is 21.8 Å². The van der Waals surface area contributed by atoms with Crippen molar-refractivity contribution in [2.75, 3.05) is 5.32 Å². The number of fused-ring (bicyclic) bond motifs is 2. The fraction of sp³-hybridized carbons (Fsp3) is 0.105. The number of nitrogens with zero attached hydrogens (tertiary/aromatic N) is 7. The minimum absolute atomic E-state index is 0.155. The predicted octanol–water partition coefficient (Wildman–Crippen LogP) is 1.35. The normalized spacial score (nSPS) is 11.3. The van der Waals surface area contributed by atoms with Crippen LogP contribution in [-0.4, -0.2) is 45.4 Å². The molecular formula is C19H15N9O2. The molecule has 4 aromatic heterocycles. The second kappa shape index (κ2) is 6.58. The van der Waals surface area contributed by atoms with Crippen LogP contribution >= 0.6 is 0 Å². The smallest absolute Gasteiger partial charge is 0.277 e. The third-order valence-corrected chi connectivity index (χ3v) is 4.54. The molecule has 4 heterocycles. The highest BCUT2D eigenvalue weighted by Crippen LogP contribution is 2.17. The number of hydrogen-bond acceptors (Lipinski definition) is 7. The van der Waals surface area contributed by atoms with Crippen molar-refractivity contribution in [1.29, 1.82) is 0 Å². The van der Waals surface area contributed by atoms with Crippen LogP contribution in [0.1, 0.15) is 16.2 Å². The van der Waals surface area contributed by atoms with E-state index in [0.29, 0.717) is 33.6 Å². The number of benzene rings is 1. The van der Waals surface area contributed by atoms with Gasteiger partial charge < -0.3 is 5.32 Å². The molecule has 5 aromatic rings. The van der Waals surface area contributed by atoms with Crippen molar-refractivity contribution in [2.24, 2.45) is 7.05 Å². The first-order valence-corrected chi connectivity index (χ1v) is 9.02. The first kappa shape index (κ1) is 17.7. The number of aromatic nitrogens is 8. The van der Waals surface area contributed by atoms with E-state index in [2.05, 4.69) is 35.5 Å². The maximum absolute atomic E-state index is 12.8. The number of H-pyrrole nitrogens is 1. The highest BCUT2D eigenvalue weighted by atomic mass is 16.2. The molecule has 30 heavy (non-hydrogen) atoms. The SMILES string of the molecule is Cc1cc(NC(=O)c2cnc3ccccc3n2)n(-c2nc3c(cnn3C)c(=O)[nH]2)n1. The second-order valence-corrected chi connectivity index (χ2v) is 6.68. The summed E-state index contributed by atoms with van der Waals surface area (Å²) in [5.74, 6) is 0.0274. The Morgan fingerprint density at radius 2 is 1.93 bits per heavy atom. The second-order valence-electron chi connectivity index (χ2n) is 6.68. The predicted molar refractivity (Wildman–Crippen MR) is 108 cm³/mol. The van der Waals surface area contributed by atoms with Crippen LogP contribution in [0.15, 0.2) is 47.5 Å². The van der Waals surface area contributed by atoms with Gasteiger partial charge in [-0.05, 0) is 19.1 Å². The van der Waals surface area contributed by atoms with E-state index in [-0.39, 0.29) is 17.2 Å². The number of rotatable bonds is 3. The molecule has 1 amide bonds. The third-order valence-electron chi connectivity index (χ3n) is 4.54. The van der Waals surface area contributed by atoms with Gasteiger partial charge in [-0.25, -0.2) is 4.98 Å². The van der Waals surface area contributed by atoms with Gasteiger partial charge in [-0.3, -0.25) is 24.2 Å². The lowest BCUT2D eigenvalue weighted by atomic mass is 10.3. The highest BCUT2D eigenvalue weighted by molar-refractivity contribution is 6.03. The minimum Gasteiger partial charge on any atom is -0.305 e. The first-order valence-electron chi connectivity index (χ1n) is 9.02. The lowest BCUT2D eigenvalue weighted by Gasteiger charge is -2.08. The number of carbonyl (C=O) groups is 1. The summed E-state index contributed by atoms with van der Waals surface area (Å²) in [5, 5.41) is 11.5. The Kier molecular flexibility index (Phi) is 3.88. The quantitative estimate of drug-likeness (QED) is 0.465. The van der Waals surface area contributed by atoms with Gasteiger partial charge in [0.05, 0.1) is 29.1 Å². The van der Waals surface area contributed by atoms with E-state index in [9.17, 15) is 9.59 Å². The Bertz CT molecular complexity index is 1500. The number of nitrogens with one attached hydrogen (secondary N) is 2. The fourth-order valence-corrected chi connectivity index (χ4v) is 3.12. The molecule has 11 nitrogen and oxygen atoms in total. The van der Waals surface area contributed by atoms with Crippen molar-refractivity contribution in [1.82, 2.24) is 39.5 Å². The average Bonchev–Trinajstić information content (AvgIpc) is 3.30. The molecule has 0 spiro atoms. The fourth-order valence-electron chi connectivity index (χ4n) is 3.12. The monoisotopic (exact) mass is 401 g/mol. The Hall–Kier alpha value is -4.41. The molecule has 0 saturated heterocycles. The topological polar surface area (TPSA) is 136 Å². The van der Waals surface area contributed by atoms with Gasteiger partial charge in [0.15, 0.2) is 5.65 Å². The van der Waals surface area contributed by atoms with E-state index >= 15 is 0 Å². The van der Waals surface area contributed by atoms with Crippen LogP contribution < -0.4 is 10.9 Å². The van der Waals surface area contributed by atoms with Gasteiger partial charge in [0.1, 0.15) is 16.9 Å². The van der Waals surface area contributed by atoms with Crippen molar-refractivity contribution in [3.8, 4) is 5.95 Å². The maximum atomic E-state index is 12.8. The molecule has 0 fully saturated rings. The molecule has 0 saturated carbocycles. The number of aryl methyl sites for hydroxylation is 2. The molecule has 0 aliphatic rings. The lowest BCUT2D eigenvalue weighted by Crippen LogP contribution is -2.19. The van der Waals surface area contributed by atoms with E-state index in [1.54, 1.807) is 26.1 Å². The molecule has 5 rings (SSSR count). The van der Waals surface area contributed by atoms with Gasteiger partial charge in [-0.1, -0.05) is 12.1 Å². The molecule has 1 aromatic carbocycles. The zero-order chi connectivity index (χ0) is 20.8. The Morgan fingerprint density at radius 1 is 1.13 bits per heavy atom. The number of hydrogen-bond donors (Lipinski definition) is 2. The zero-order valence-corrected chi connectivity index (χ0v) is 16.0. The van der Waals surface area contributed by atoms with Crippen LogP contribution in [0.3, 0.4) is 0 Å². The molecule has 11 heteroatoms. The number of anilines is 1. The van der Waals surface area contributed by atoms with Crippen LogP contribution in [0.4, 0.5) is 5.82 Å². The van der Waals surface area contributed by atoms with Gasteiger partial charge in [0.2, 0.25) is 5.95 Å². The van der Waals surface area contributed by atoms with E-state index < -0.39 is 5.91 Å². The Labute approximate surface area is 168 Å². The number of amides is 1. The Balaban J connectivity index is 1.54. The van der Waals surface area contributed by atoms with Crippen molar-refractivity contribution < 1.29 is 4.79 Å². The van der Waals surface area contributed by atoms with Crippen molar-refractivity contribution in [3.05, 3.63) is 64.5 Å². The summed E-state index contributed by atoms with van der Waals surface area (Å²) in [7, 11) is 1.69. The van der Waals surface area contributed by atoms with Crippen LogP contribution in [0.2, 0.25) is 0 Å². The largest absolute Gasteiger partial charge is 0.305 e. The molecule has 0 bridgehead atoms. The lowest BCUT2D eigenvalue weighted by molar-refractivity contribution is 0.102. The summed E-state index contributed by atoms with van der Waals surface area (Å²) < 4.78 is 2.85. The van der Waals surface area contributed by atoms with Crippen LogP contribution in [0, 0.1) is 6.92 Å². The molecule has 0 atom stereocenters. The van der Waals surface area contributed by atoms with E-state index in [4.69, 9.17) is 0 Å². The summed E-state index contributed by atoms with van der Waals surface area (Å²) in [6, 6.07) is 8.95. The highest BCUT2D eigenvalue weighted by Gasteiger charge is 2.17. The van der Waals surface area contributed by atoms with E-state index in [0.717, 1.165) is 0 Å². The first-order chi connectivity index (χ1) is 14.5. The summed E-state index contributed by atoms with van der Waals surface area (Å²) in [6.45, 7) is 1.77. The summed E-state index contributed by atoms with van der Waals surface area (Å²) in [4.78, 5) is 40.9. The standard InChI is InChI=1S/C19H15N9O2/c1-10-7-15(23-18(30)14-9-20-12-5-3-4-6-13(12)22-14)28(26-10)19-24-16-11(17(29)25-19)8-21-27(16)2/h3-9H,1-2H3,(H,23,30)(H,24,25,29). The summed E-state index contributed by atoms with van der Waals surface area (Å²) in [6.07, 6.45) is 2.85. The molecule has 2 N–H and O–H groups in total. The van der Waals surface area contributed by atoms with Crippen LogP contribution in [0.25, 0.3) is 28.0 Å².